The molecule has 0 radical (unpaired) electrons. The smallest absolute Gasteiger partial charge is 0.326 e. The molecule has 7 rings (SSSR count). The monoisotopic (exact) mass is 1180 g/mol. The molecule has 0 spiro atoms. The van der Waals surface area contributed by atoms with Gasteiger partial charge in [-0.1, -0.05) is 43.1 Å². The van der Waals surface area contributed by atoms with E-state index in [2.05, 4.69) is 45.9 Å². The van der Waals surface area contributed by atoms with Gasteiger partial charge in [0.25, 0.3) is 11.5 Å². The van der Waals surface area contributed by atoms with Gasteiger partial charge in [-0.15, -0.1) is 11.3 Å². The number of halogens is 2. The van der Waals surface area contributed by atoms with Crippen LogP contribution in [0.2, 0.25) is 10.0 Å². The molecule has 3 amide bonds. The molecule has 0 aliphatic rings. The summed E-state index contributed by atoms with van der Waals surface area (Å²) in [4.78, 5) is 93.9. The van der Waals surface area contributed by atoms with E-state index in [1.165, 1.54) is 16.0 Å². The molecular formula is C52H63Cl2N15O11S. The van der Waals surface area contributed by atoms with Crippen LogP contribution < -0.4 is 37.9 Å². The minimum atomic E-state index is -1.29. The third-order valence-corrected chi connectivity index (χ3v) is 13.5. The van der Waals surface area contributed by atoms with Gasteiger partial charge in [-0.05, 0) is 48.7 Å². The lowest BCUT2D eigenvalue weighted by atomic mass is 10.1. The van der Waals surface area contributed by atoms with Gasteiger partial charge in [0, 0.05) is 56.0 Å². The first kappa shape index (κ1) is 61.1. The number of fused-ring (bicyclic) bond motifs is 2. The number of hydrogen-bond acceptors (Lipinski definition) is 21. The van der Waals surface area contributed by atoms with Crippen molar-refractivity contribution in [3.63, 3.8) is 0 Å². The Hall–Kier alpha value is -7.50. The standard InChI is InChI=1S/C52H63Cl2N15O11S/c1-30(2)43-42-48(69(67-43)45-35(53)5-4-6-36(45)54)63-38(64-50(42)73)25-32-29-81-41(60-32)13-14-57-40(71)28-80-24-23-79-22-21-78-20-19-77-18-17-76-16-15-58-39(70)12-11-37(51(74)75)62-49(72)31-7-9-34(10-8-31)68(3)27-33-26-59-47-44(61-33)46(55)65-52(56)66-47/h4-10,26,29-30,37H,11-25,27-28H2,1-3H3,(H,57,71)(H,58,70)(H,62,72)(H,74,75)(H,63,64,73)(H4,55,56,59,65,66). The second-order valence-electron chi connectivity index (χ2n) is 18.4. The highest BCUT2D eigenvalue weighted by Crippen LogP contribution is 2.32. The van der Waals surface area contributed by atoms with Crippen molar-refractivity contribution in [1.29, 1.82) is 0 Å². The Morgan fingerprint density at radius 3 is 2.14 bits per heavy atom. The van der Waals surface area contributed by atoms with Crippen LogP contribution in [0.5, 0.6) is 0 Å². The van der Waals surface area contributed by atoms with Crippen LogP contribution in [0.25, 0.3) is 27.9 Å². The fourth-order valence-electron chi connectivity index (χ4n) is 7.94. The summed E-state index contributed by atoms with van der Waals surface area (Å²) < 4.78 is 29.0. The summed E-state index contributed by atoms with van der Waals surface area (Å²) in [6.07, 6.45) is 2.08. The lowest BCUT2D eigenvalue weighted by molar-refractivity contribution is -0.139. The maximum Gasteiger partial charge on any atom is 0.326 e. The van der Waals surface area contributed by atoms with Crippen molar-refractivity contribution in [2.24, 2.45) is 0 Å². The summed E-state index contributed by atoms with van der Waals surface area (Å²) in [5, 5.41) is 26.2. The number of carboxylic acids is 1. The van der Waals surface area contributed by atoms with Crippen LogP contribution in [0.4, 0.5) is 17.5 Å². The lowest BCUT2D eigenvalue weighted by Gasteiger charge is -2.19. The van der Waals surface area contributed by atoms with Gasteiger partial charge in [-0.3, -0.25) is 19.2 Å². The molecule has 0 bridgehead atoms. The fraction of sp³-hybridized carbons (Fsp3) is 0.423. The van der Waals surface area contributed by atoms with Gasteiger partial charge in [0.2, 0.25) is 17.8 Å². The third-order valence-electron chi connectivity index (χ3n) is 11.9. The number of carboxylic acid groups (broad SMARTS) is 1. The maximum absolute atomic E-state index is 13.4. The van der Waals surface area contributed by atoms with E-state index >= 15 is 0 Å². The minimum absolute atomic E-state index is 0.00164. The first-order chi connectivity index (χ1) is 39.0. The van der Waals surface area contributed by atoms with Crippen LogP contribution in [-0.4, -0.2) is 166 Å². The predicted octanol–water partition coefficient (Wildman–Crippen LogP) is 3.64. The normalized spacial score (nSPS) is 11.8. The Morgan fingerprint density at radius 2 is 1.47 bits per heavy atom. The van der Waals surface area contributed by atoms with E-state index in [1.54, 1.807) is 48.7 Å². The van der Waals surface area contributed by atoms with E-state index in [0.29, 0.717) is 108 Å². The largest absolute Gasteiger partial charge is 0.480 e. The summed E-state index contributed by atoms with van der Waals surface area (Å²) in [5.74, 6) is -2.06. The summed E-state index contributed by atoms with van der Waals surface area (Å²) in [6, 6.07) is 10.4. The van der Waals surface area contributed by atoms with Gasteiger partial charge in [-0.2, -0.15) is 15.1 Å². The number of nitrogen functional groups attached to an aromatic ring is 2. The predicted molar refractivity (Wildman–Crippen MR) is 303 cm³/mol. The van der Waals surface area contributed by atoms with Crippen molar-refractivity contribution < 1.29 is 48.0 Å². The average molecular weight is 1180 g/mol. The molecule has 0 saturated carbocycles. The van der Waals surface area contributed by atoms with Gasteiger partial charge < -0.3 is 66.1 Å². The quantitative estimate of drug-likeness (QED) is 0.0289. The van der Waals surface area contributed by atoms with Crippen LogP contribution in [0, 0.1) is 0 Å². The topological polar surface area (TPSA) is 354 Å². The number of amides is 3. The number of aromatic amines is 1. The van der Waals surface area contributed by atoms with E-state index in [-0.39, 0.29) is 105 Å². The molecular weight excluding hydrogens is 1110 g/mol. The van der Waals surface area contributed by atoms with Gasteiger partial charge in [0.1, 0.15) is 29.5 Å². The van der Waals surface area contributed by atoms with E-state index in [9.17, 15) is 29.1 Å². The highest BCUT2D eigenvalue weighted by atomic mass is 35.5. The number of carbonyl (C=O) groups excluding carboxylic acids is 3. The van der Waals surface area contributed by atoms with Crippen molar-refractivity contribution in [2.45, 2.75) is 58.0 Å². The Labute approximate surface area is 478 Å². The molecule has 5 aromatic heterocycles. The second-order valence-corrected chi connectivity index (χ2v) is 20.2. The Bertz CT molecular complexity index is 3310. The number of nitrogens with zero attached hydrogens (tertiary/aromatic N) is 9. The molecule has 0 saturated heterocycles. The van der Waals surface area contributed by atoms with Gasteiger partial charge in [-0.25, -0.2) is 29.4 Å². The summed E-state index contributed by atoms with van der Waals surface area (Å²) in [5.41, 5.74) is 15.5. The number of para-hydroxylation sites is 1. The highest BCUT2D eigenvalue weighted by Gasteiger charge is 2.24. The third kappa shape index (κ3) is 18.0. The van der Waals surface area contributed by atoms with Crippen molar-refractivity contribution in [3.8, 4) is 5.69 Å². The molecule has 2 aromatic carbocycles. The number of thiazole rings is 1. The summed E-state index contributed by atoms with van der Waals surface area (Å²) in [6.45, 7) is 7.36. The first-order valence-corrected chi connectivity index (χ1v) is 27.4. The molecule has 81 heavy (non-hydrogen) atoms. The van der Waals surface area contributed by atoms with Crippen LogP contribution in [0.3, 0.4) is 0 Å². The molecule has 1 unspecified atom stereocenters. The molecule has 0 fully saturated rings. The van der Waals surface area contributed by atoms with Crippen LogP contribution in [0.1, 0.15) is 70.9 Å². The minimum Gasteiger partial charge on any atom is -0.480 e. The zero-order chi connectivity index (χ0) is 57.8. The lowest BCUT2D eigenvalue weighted by Crippen LogP contribution is -2.41. The SMILES string of the molecule is CC(C)c1nn(-c2c(Cl)cccc2Cl)c2nc(Cc3csc(CCNC(=O)COCCOCCOCCOCCOCCNC(=O)CCC(NC(=O)c4ccc(N(C)Cc5cnc6nc(N)nc(N)c6n5)cc4)C(=O)O)n3)[nH]c(=O)c12. The van der Waals surface area contributed by atoms with E-state index in [4.69, 9.17) is 68.4 Å². The summed E-state index contributed by atoms with van der Waals surface area (Å²) in [7, 11) is 1.82. The number of ether oxygens (including phenoxy) is 5. The number of anilines is 3. The highest BCUT2D eigenvalue weighted by molar-refractivity contribution is 7.09. The van der Waals surface area contributed by atoms with Gasteiger partial charge >= 0.3 is 5.97 Å². The van der Waals surface area contributed by atoms with E-state index in [1.807, 2.05) is 31.2 Å². The number of rotatable bonds is 33. The van der Waals surface area contributed by atoms with E-state index < -0.39 is 17.9 Å². The number of carbonyl (C=O) groups is 4. The molecule has 0 aliphatic heterocycles. The number of nitrogens with two attached hydrogens (primary N) is 2. The number of aliphatic carboxylic acids is 1. The second kappa shape index (κ2) is 30.4. The van der Waals surface area contributed by atoms with Crippen molar-refractivity contribution in [3.05, 3.63) is 108 Å². The summed E-state index contributed by atoms with van der Waals surface area (Å²) >= 11 is 14.5. The van der Waals surface area contributed by atoms with Crippen LogP contribution in [-0.2, 0) is 57.5 Å². The van der Waals surface area contributed by atoms with Gasteiger partial charge in [0.05, 0.1) is 104 Å². The average Bonchev–Trinajstić information content (AvgIpc) is 4.30. The molecule has 0 aliphatic carbocycles. The molecule has 26 nitrogen and oxygen atoms in total. The number of nitrogens with one attached hydrogen (secondary N) is 4. The zero-order valence-electron chi connectivity index (χ0n) is 44.7. The number of benzene rings is 2. The molecule has 5 heterocycles. The molecule has 1 atom stereocenters. The molecule has 29 heteroatoms. The Morgan fingerprint density at radius 1 is 0.815 bits per heavy atom. The fourth-order valence-corrected chi connectivity index (χ4v) is 9.29. The van der Waals surface area contributed by atoms with Crippen molar-refractivity contribution >= 4 is 97.9 Å². The molecule has 7 aromatic rings. The number of aromatic nitrogens is 9. The first-order valence-electron chi connectivity index (χ1n) is 25.8. The number of H-pyrrole nitrogens is 1. The maximum atomic E-state index is 13.4. The van der Waals surface area contributed by atoms with Gasteiger partial charge in [0.15, 0.2) is 22.6 Å². The molecule has 432 valence electrons. The van der Waals surface area contributed by atoms with Crippen LogP contribution >= 0.6 is 34.5 Å². The van der Waals surface area contributed by atoms with Crippen LogP contribution in [0.15, 0.2) is 58.8 Å². The Balaban J connectivity index is 0.657. The zero-order valence-corrected chi connectivity index (χ0v) is 47.1. The molecule has 9 N–H and O–H groups in total. The van der Waals surface area contributed by atoms with Crippen molar-refractivity contribution in [2.75, 3.05) is 103 Å². The number of hydrogen-bond donors (Lipinski definition) is 7. The van der Waals surface area contributed by atoms with Crippen molar-refractivity contribution in [1.82, 2.24) is 60.6 Å². The van der Waals surface area contributed by atoms with E-state index in [0.717, 1.165) is 10.7 Å². The Kier molecular flexibility index (Phi) is 22.9.